The van der Waals surface area contributed by atoms with Gasteiger partial charge in [-0.2, -0.15) is 0 Å². The zero-order valence-electron chi connectivity index (χ0n) is 11.9. The van der Waals surface area contributed by atoms with Crippen molar-refractivity contribution >= 4 is 31.9 Å². The maximum atomic E-state index is 6.15. The molecule has 0 bridgehead atoms. The third kappa shape index (κ3) is 3.37. The average molecular weight is 400 g/mol. The van der Waals surface area contributed by atoms with E-state index in [-0.39, 0.29) is 5.41 Å². The average Bonchev–Trinajstić information content (AvgIpc) is 2.48. The fourth-order valence-corrected chi connectivity index (χ4v) is 4.00. The Morgan fingerprint density at radius 2 is 2.00 bits per heavy atom. The molecule has 2 unspecified atom stereocenters. The molecule has 108 valence electrons. The lowest BCUT2D eigenvalue weighted by Crippen LogP contribution is -2.37. The lowest BCUT2D eigenvalue weighted by molar-refractivity contribution is 0.176. The highest BCUT2D eigenvalue weighted by Gasteiger charge is 2.35. The molecule has 1 aromatic carbocycles. The lowest BCUT2D eigenvalue weighted by Gasteiger charge is -2.36. The molecular formula is C17H20Br2O. The van der Waals surface area contributed by atoms with E-state index in [1.807, 2.05) is 0 Å². The molecule has 3 heteroatoms. The molecule has 2 atom stereocenters. The minimum atomic E-state index is 0.00837. The first-order chi connectivity index (χ1) is 9.61. The molecule has 1 nitrogen and oxygen atoms in total. The van der Waals surface area contributed by atoms with Crippen molar-refractivity contribution in [2.24, 2.45) is 11.3 Å². The van der Waals surface area contributed by atoms with Crippen molar-refractivity contribution in [1.82, 2.24) is 0 Å². The summed E-state index contributed by atoms with van der Waals surface area (Å²) in [7, 11) is 0. The minimum Gasteiger partial charge on any atom is -0.492 e. The van der Waals surface area contributed by atoms with E-state index >= 15 is 0 Å². The van der Waals surface area contributed by atoms with Gasteiger partial charge in [-0.05, 0) is 37.0 Å². The Labute approximate surface area is 138 Å². The summed E-state index contributed by atoms with van der Waals surface area (Å²) in [5.74, 6) is 1.43. The molecule has 1 aliphatic carbocycles. The summed E-state index contributed by atoms with van der Waals surface area (Å²) < 4.78 is 6.15. The largest absolute Gasteiger partial charge is 0.492 e. The summed E-state index contributed by atoms with van der Waals surface area (Å²) in [6, 6.07) is 6.35. The quantitative estimate of drug-likeness (QED) is 0.618. The van der Waals surface area contributed by atoms with Gasteiger partial charge in [-0.1, -0.05) is 68.3 Å². The van der Waals surface area contributed by atoms with Crippen molar-refractivity contribution in [2.45, 2.75) is 13.8 Å². The van der Waals surface area contributed by atoms with E-state index in [9.17, 15) is 0 Å². The predicted octanol–water partition coefficient (Wildman–Crippen LogP) is 5.20. The van der Waals surface area contributed by atoms with Gasteiger partial charge < -0.3 is 4.74 Å². The van der Waals surface area contributed by atoms with E-state index in [1.54, 1.807) is 0 Å². The summed E-state index contributed by atoms with van der Waals surface area (Å²) in [5.41, 5.74) is 2.43. The van der Waals surface area contributed by atoms with Gasteiger partial charge in [0.15, 0.2) is 0 Å². The van der Waals surface area contributed by atoms with Crippen molar-refractivity contribution in [2.75, 3.05) is 17.3 Å². The summed E-state index contributed by atoms with van der Waals surface area (Å²) in [4.78, 5) is 0. The van der Waals surface area contributed by atoms with Crippen LogP contribution in [-0.4, -0.2) is 17.3 Å². The number of aryl methyl sites for hydroxylation is 2. The topological polar surface area (TPSA) is 9.23 Å². The Morgan fingerprint density at radius 1 is 1.20 bits per heavy atom. The van der Waals surface area contributed by atoms with Gasteiger partial charge in [0.1, 0.15) is 5.75 Å². The highest BCUT2D eigenvalue weighted by molar-refractivity contribution is 9.09. The van der Waals surface area contributed by atoms with Crippen LogP contribution >= 0.6 is 31.9 Å². The second-order valence-electron chi connectivity index (χ2n) is 5.43. The normalized spacial score (nSPS) is 24.9. The van der Waals surface area contributed by atoms with Crippen LogP contribution in [0.15, 0.2) is 42.5 Å². The Hall–Kier alpha value is -0.540. The second-order valence-corrected chi connectivity index (χ2v) is 6.64. The molecule has 0 aliphatic heterocycles. The Morgan fingerprint density at radius 3 is 2.70 bits per heavy atom. The molecular weight excluding hydrogens is 380 g/mol. The van der Waals surface area contributed by atoms with Gasteiger partial charge in [0, 0.05) is 16.1 Å². The molecule has 0 saturated carbocycles. The zero-order valence-corrected chi connectivity index (χ0v) is 15.1. The van der Waals surface area contributed by atoms with Crippen LogP contribution in [0, 0.1) is 25.2 Å². The van der Waals surface area contributed by atoms with Gasteiger partial charge in [-0.15, -0.1) is 0 Å². The van der Waals surface area contributed by atoms with Crippen LogP contribution < -0.4 is 4.74 Å². The molecule has 0 fully saturated rings. The fraction of sp³-hybridized carbons (Fsp3) is 0.412. The van der Waals surface area contributed by atoms with Crippen LogP contribution in [0.25, 0.3) is 0 Å². The highest BCUT2D eigenvalue weighted by atomic mass is 79.9. The molecule has 0 amide bonds. The van der Waals surface area contributed by atoms with Crippen molar-refractivity contribution < 1.29 is 4.74 Å². The Bertz CT molecular complexity index is 522. The van der Waals surface area contributed by atoms with Gasteiger partial charge in [0.25, 0.3) is 0 Å². The van der Waals surface area contributed by atoms with Crippen LogP contribution in [0.4, 0.5) is 0 Å². The number of hydrogen-bond acceptors (Lipinski definition) is 1. The Kier molecular flexibility index (Phi) is 5.50. The second kappa shape index (κ2) is 6.95. The van der Waals surface area contributed by atoms with Crippen LogP contribution in [-0.2, 0) is 0 Å². The summed E-state index contributed by atoms with van der Waals surface area (Å²) in [6.45, 7) is 4.87. The van der Waals surface area contributed by atoms with Gasteiger partial charge >= 0.3 is 0 Å². The number of allylic oxidation sites excluding steroid dienone is 3. The van der Waals surface area contributed by atoms with Crippen molar-refractivity contribution in [1.29, 1.82) is 0 Å². The molecule has 0 aromatic heterocycles. The van der Waals surface area contributed by atoms with Crippen LogP contribution in [0.5, 0.6) is 5.75 Å². The number of ether oxygens (including phenoxy) is 1. The molecule has 1 aliphatic rings. The lowest BCUT2D eigenvalue weighted by atomic mass is 9.76. The molecule has 0 heterocycles. The van der Waals surface area contributed by atoms with Crippen molar-refractivity contribution in [3.05, 3.63) is 53.6 Å². The summed E-state index contributed by atoms with van der Waals surface area (Å²) >= 11 is 7.29. The van der Waals surface area contributed by atoms with Crippen LogP contribution in [0.3, 0.4) is 0 Å². The highest BCUT2D eigenvalue weighted by Crippen LogP contribution is 2.37. The van der Waals surface area contributed by atoms with Gasteiger partial charge in [-0.3, -0.25) is 0 Å². The van der Waals surface area contributed by atoms with E-state index < -0.39 is 0 Å². The minimum absolute atomic E-state index is 0.00837. The van der Waals surface area contributed by atoms with Gasteiger partial charge in [0.05, 0.1) is 6.61 Å². The van der Waals surface area contributed by atoms with Crippen molar-refractivity contribution in [3.63, 3.8) is 0 Å². The molecule has 0 N–H and O–H groups in total. The van der Waals surface area contributed by atoms with E-state index in [1.165, 1.54) is 11.1 Å². The van der Waals surface area contributed by atoms with Gasteiger partial charge in [0.2, 0.25) is 0 Å². The number of alkyl halides is 2. The maximum absolute atomic E-state index is 6.15. The molecule has 0 radical (unpaired) electrons. The van der Waals surface area contributed by atoms with Gasteiger partial charge in [-0.25, -0.2) is 0 Å². The first-order valence-corrected chi connectivity index (χ1v) is 9.03. The first-order valence-electron chi connectivity index (χ1n) is 6.79. The van der Waals surface area contributed by atoms with E-state index in [0.717, 1.165) is 16.4 Å². The molecule has 0 saturated heterocycles. The molecule has 1 aromatic rings. The standard InChI is InChI=1S/C17H20Br2O/c1-13-6-7-14(2)16(9-13)20-12-17(11-19)8-4-3-5-15(17)10-18/h3-9,15H,10-12H2,1-2H3. The maximum Gasteiger partial charge on any atom is 0.122 e. The van der Waals surface area contributed by atoms with E-state index in [4.69, 9.17) is 4.74 Å². The number of benzene rings is 1. The summed E-state index contributed by atoms with van der Waals surface area (Å²) in [6.07, 6.45) is 8.75. The molecule has 2 rings (SSSR count). The third-order valence-corrected chi connectivity index (χ3v) is 5.62. The van der Waals surface area contributed by atoms with Crippen molar-refractivity contribution in [3.8, 4) is 5.75 Å². The van der Waals surface area contributed by atoms with Crippen LogP contribution in [0.1, 0.15) is 11.1 Å². The van der Waals surface area contributed by atoms with E-state index in [2.05, 4.69) is 88.2 Å². The number of hydrogen-bond donors (Lipinski definition) is 0. The SMILES string of the molecule is Cc1ccc(C)c(OCC2(CBr)C=CC=CC2CBr)c1. The number of halogens is 2. The Balaban J connectivity index is 2.16. The number of rotatable bonds is 5. The zero-order chi connectivity index (χ0) is 14.6. The molecule has 20 heavy (non-hydrogen) atoms. The van der Waals surface area contributed by atoms with Crippen LogP contribution in [0.2, 0.25) is 0 Å². The third-order valence-electron chi connectivity index (χ3n) is 3.88. The monoisotopic (exact) mass is 398 g/mol. The fourth-order valence-electron chi connectivity index (χ4n) is 2.38. The van der Waals surface area contributed by atoms with E-state index in [0.29, 0.717) is 12.5 Å². The smallest absolute Gasteiger partial charge is 0.122 e. The predicted molar refractivity (Wildman–Crippen MR) is 93.2 cm³/mol. The summed E-state index contributed by atoms with van der Waals surface area (Å²) in [5, 5.41) is 1.83. The first kappa shape index (κ1) is 15.8. The molecule has 0 spiro atoms.